The molecule has 0 aliphatic carbocycles. The van der Waals surface area contributed by atoms with Crippen LogP contribution in [0.1, 0.15) is 46.6 Å². The molecule has 2 amide bonds. The maximum Gasteiger partial charge on any atom is 0.262 e. The third-order valence-corrected chi connectivity index (χ3v) is 7.13. The van der Waals surface area contributed by atoms with E-state index in [1.54, 1.807) is 24.4 Å². The molecule has 1 heterocycles. The van der Waals surface area contributed by atoms with Gasteiger partial charge in [-0.05, 0) is 55.7 Å². The number of carbonyl (C=O) groups is 2. The molecule has 0 aliphatic rings. The summed E-state index contributed by atoms with van der Waals surface area (Å²) in [6.45, 7) is 8.27. The van der Waals surface area contributed by atoms with Crippen molar-refractivity contribution < 1.29 is 9.59 Å². The highest BCUT2D eigenvalue weighted by atomic mass is 35.5. The highest BCUT2D eigenvalue weighted by Gasteiger charge is 2.24. The van der Waals surface area contributed by atoms with Gasteiger partial charge in [-0.2, -0.15) is 5.10 Å². The molecule has 0 saturated carbocycles. The van der Waals surface area contributed by atoms with Crippen LogP contribution in [0.5, 0.6) is 0 Å². The van der Waals surface area contributed by atoms with E-state index in [-0.39, 0.29) is 17.7 Å². The van der Waals surface area contributed by atoms with Crippen LogP contribution in [0.2, 0.25) is 10.0 Å². The van der Waals surface area contributed by atoms with Crippen LogP contribution in [-0.4, -0.2) is 28.6 Å². The Labute approximate surface area is 232 Å². The van der Waals surface area contributed by atoms with E-state index in [4.69, 9.17) is 23.2 Å². The standard InChI is InChI=1S/C30H30Cl2N4O2/c1-18(2)28(34-29(37)21-11-9-19(3)10-12-21)30(38)35-33-16-25-20(4)36(27-8-6-5-7-24(25)27)17-22-13-14-23(31)15-26(22)32/h5-16,18,28H,17H2,1-4H3,(H,34,37)(H,35,38). The predicted molar refractivity (Wildman–Crippen MR) is 155 cm³/mol. The lowest BCUT2D eigenvalue weighted by atomic mass is 10.0. The zero-order chi connectivity index (χ0) is 27.4. The topological polar surface area (TPSA) is 75.5 Å². The smallest absolute Gasteiger partial charge is 0.262 e. The summed E-state index contributed by atoms with van der Waals surface area (Å²) in [5, 5.41) is 9.29. The van der Waals surface area contributed by atoms with Gasteiger partial charge in [0.2, 0.25) is 0 Å². The summed E-state index contributed by atoms with van der Waals surface area (Å²) in [6, 6.07) is 20.0. The zero-order valence-corrected chi connectivity index (χ0v) is 23.3. The fourth-order valence-electron chi connectivity index (χ4n) is 4.34. The number of carbonyl (C=O) groups excluding carboxylic acids is 2. The lowest BCUT2D eigenvalue weighted by molar-refractivity contribution is -0.123. The number of amides is 2. The second-order valence-electron chi connectivity index (χ2n) is 9.63. The molecule has 4 rings (SSSR count). The quantitative estimate of drug-likeness (QED) is 0.194. The fraction of sp³-hybridized carbons (Fsp3) is 0.233. The lowest BCUT2D eigenvalue weighted by Gasteiger charge is -2.20. The number of para-hydroxylation sites is 1. The second kappa shape index (κ2) is 11.8. The van der Waals surface area contributed by atoms with E-state index in [9.17, 15) is 9.59 Å². The summed E-state index contributed by atoms with van der Waals surface area (Å²) < 4.78 is 2.16. The zero-order valence-electron chi connectivity index (χ0n) is 21.8. The van der Waals surface area contributed by atoms with E-state index in [1.165, 1.54) is 0 Å². The van der Waals surface area contributed by atoms with Crippen molar-refractivity contribution in [2.75, 3.05) is 0 Å². The minimum Gasteiger partial charge on any atom is -0.340 e. The number of aryl methyl sites for hydroxylation is 1. The van der Waals surface area contributed by atoms with E-state index in [0.29, 0.717) is 22.2 Å². The van der Waals surface area contributed by atoms with Crippen molar-refractivity contribution in [3.05, 3.63) is 105 Å². The van der Waals surface area contributed by atoms with E-state index in [0.717, 1.165) is 33.3 Å². The number of halogens is 2. The van der Waals surface area contributed by atoms with Crippen molar-refractivity contribution in [1.82, 2.24) is 15.3 Å². The van der Waals surface area contributed by atoms with Gasteiger partial charge in [0, 0.05) is 44.3 Å². The van der Waals surface area contributed by atoms with Gasteiger partial charge in [0.25, 0.3) is 11.8 Å². The average Bonchev–Trinajstić information content (AvgIpc) is 3.14. The number of hydrogen-bond acceptors (Lipinski definition) is 3. The number of hydrogen-bond donors (Lipinski definition) is 2. The number of benzene rings is 3. The van der Waals surface area contributed by atoms with Gasteiger partial charge in [-0.25, -0.2) is 5.43 Å². The van der Waals surface area contributed by atoms with Crippen LogP contribution in [0, 0.1) is 19.8 Å². The van der Waals surface area contributed by atoms with Crippen molar-refractivity contribution in [3.63, 3.8) is 0 Å². The molecule has 3 aromatic carbocycles. The molecule has 1 unspecified atom stereocenters. The normalized spacial score (nSPS) is 12.3. The molecule has 0 spiro atoms. The minimum absolute atomic E-state index is 0.132. The van der Waals surface area contributed by atoms with Gasteiger partial charge < -0.3 is 9.88 Å². The van der Waals surface area contributed by atoms with Crippen molar-refractivity contribution in [2.24, 2.45) is 11.0 Å². The Kier molecular flexibility index (Phi) is 8.55. The van der Waals surface area contributed by atoms with Crippen LogP contribution in [0.4, 0.5) is 0 Å². The van der Waals surface area contributed by atoms with Crippen LogP contribution in [0.15, 0.2) is 71.8 Å². The van der Waals surface area contributed by atoms with Crippen molar-refractivity contribution in [1.29, 1.82) is 0 Å². The summed E-state index contributed by atoms with van der Waals surface area (Å²) in [6.07, 6.45) is 1.65. The summed E-state index contributed by atoms with van der Waals surface area (Å²) in [5.74, 6) is -0.818. The number of rotatable bonds is 8. The molecule has 0 radical (unpaired) electrons. The first-order chi connectivity index (χ1) is 18.2. The van der Waals surface area contributed by atoms with Gasteiger partial charge in [-0.15, -0.1) is 0 Å². The van der Waals surface area contributed by atoms with Gasteiger partial charge in [0.1, 0.15) is 6.04 Å². The van der Waals surface area contributed by atoms with E-state index in [1.807, 2.05) is 76.2 Å². The molecule has 0 aliphatic heterocycles. The van der Waals surface area contributed by atoms with Gasteiger partial charge in [-0.1, -0.05) is 79.0 Å². The Balaban J connectivity index is 1.54. The highest BCUT2D eigenvalue weighted by molar-refractivity contribution is 6.35. The Hall–Kier alpha value is -3.61. The Bertz CT molecular complexity index is 1510. The van der Waals surface area contributed by atoms with Crippen LogP contribution in [0.3, 0.4) is 0 Å². The second-order valence-corrected chi connectivity index (χ2v) is 10.5. The maximum absolute atomic E-state index is 13.0. The van der Waals surface area contributed by atoms with Gasteiger partial charge in [0.15, 0.2) is 0 Å². The Morgan fingerprint density at radius 3 is 2.39 bits per heavy atom. The average molecular weight is 550 g/mol. The molecule has 6 nitrogen and oxygen atoms in total. The molecular weight excluding hydrogens is 519 g/mol. The molecule has 2 N–H and O–H groups in total. The lowest BCUT2D eigenvalue weighted by Crippen LogP contribution is -2.48. The largest absolute Gasteiger partial charge is 0.340 e. The third kappa shape index (κ3) is 6.09. The summed E-state index contributed by atoms with van der Waals surface area (Å²) in [7, 11) is 0. The number of hydrazone groups is 1. The molecule has 0 fully saturated rings. The summed E-state index contributed by atoms with van der Waals surface area (Å²) in [5.41, 5.74) is 8.00. The van der Waals surface area contributed by atoms with Crippen molar-refractivity contribution >= 4 is 52.1 Å². The minimum atomic E-state index is -0.740. The number of fused-ring (bicyclic) bond motifs is 1. The first-order valence-electron chi connectivity index (χ1n) is 12.4. The highest BCUT2D eigenvalue weighted by Crippen LogP contribution is 2.28. The number of aromatic nitrogens is 1. The number of nitrogens with zero attached hydrogens (tertiary/aromatic N) is 2. The summed E-state index contributed by atoms with van der Waals surface area (Å²) in [4.78, 5) is 25.7. The molecule has 38 heavy (non-hydrogen) atoms. The fourth-order valence-corrected chi connectivity index (χ4v) is 4.81. The SMILES string of the molecule is Cc1ccc(C(=O)NC(C(=O)NN=Cc2c(C)n(Cc3ccc(Cl)cc3Cl)c3ccccc23)C(C)C)cc1. The molecule has 1 aromatic heterocycles. The van der Waals surface area contributed by atoms with Crippen molar-refractivity contribution in [3.8, 4) is 0 Å². The van der Waals surface area contributed by atoms with Gasteiger partial charge in [0.05, 0.1) is 6.21 Å². The predicted octanol–water partition coefficient (Wildman–Crippen LogP) is 6.52. The molecule has 196 valence electrons. The first-order valence-corrected chi connectivity index (χ1v) is 13.1. The first kappa shape index (κ1) is 27.4. The van der Waals surface area contributed by atoms with E-state index in [2.05, 4.69) is 20.4 Å². The molecule has 1 atom stereocenters. The molecule has 0 bridgehead atoms. The van der Waals surface area contributed by atoms with Gasteiger partial charge >= 0.3 is 0 Å². The number of nitrogens with one attached hydrogen (secondary N) is 2. The summed E-state index contributed by atoms with van der Waals surface area (Å²) >= 11 is 12.5. The van der Waals surface area contributed by atoms with Crippen LogP contribution in [0.25, 0.3) is 10.9 Å². The Morgan fingerprint density at radius 2 is 1.71 bits per heavy atom. The molecule has 8 heteroatoms. The van der Waals surface area contributed by atoms with Crippen LogP contribution < -0.4 is 10.7 Å². The van der Waals surface area contributed by atoms with E-state index >= 15 is 0 Å². The van der Waals surface area contributed by atoms with Crippen molar-refractivity contribution in [2.45, 2.75) is 40.3 Å². The van der Waals surface area contributed by atoms with Crippen LogP contribution >= 0.6 is 23.2 Å². The maximum atomic E-state index is 13.0. The molecule has 0 saturated heterocycles. The monoisotopic (exact) mass is 548 g/mol. The Morgan fingerprint density at radius 1 is 1.00 bits per heavy atom. The van der Waals surface area contributed by atoms with E-state index < -0.39 is 6.04 Å². The van der Waals surface area contributed by atoms with Gasteiger partial charge in [-0.3, -0.25) is 9.59 Å². The molecule has 4 aromatic rings. The molecular formula is C30H30Cl2N4O2. The van der Waals surface area contributed by atoms with Crippen LogP contribution in [-0.2, 0) is 11.3 Å². The third-order valence-electron chi connectivity index (χ3n) is 6.54.